The number of ether oxygens (including phenoxy) is 1. The lowest BCUT2D eigenvalue weighted by Crippen LogP contribution is -2.46. The van der Waals surface area contributed by atoms with Crippen LogP contribution in [0.25, 0.3) is 0 Å². The van der Waals surface area contributed by atoms with Gasteiger partial charge in [-0.15, -0.1) is 0 Å². The van der Waals surface area contributed by atoms with Crippen LogP contribution in [0.1, 0.15) is 44.7 Å². The summed E-state index contributed by atoms with van der Waals surface area (Å²) < 4.78 is 32.9. The third-order valence-electron chi connectivity index (χ3n) is 5.80. The Hall–Kier alpha value is -2.09. The van der Waals surface area contributed by atoms with Gasteiger partial charge in [0.15, 0.2) is 0 Å². The van der Waals surface area contributed by atoms with Crippen molar-refractivity contribution in [2.75, 3.05) is 26.2 Å². The molecule has 0 aromatic heterocycles. The van der Waals surface area contributed by atoms with E-state index in [0.717, 1.165) is 5.75 Å². The molecular formula is C25H33ClN2O4S. The first-order valence-electron chi connectivity index (χ1n) is 11.3. The average molecular weight is 493 g/mol. The maximum Gasteiger partial charge on any atom is 0.224 e. The number of rotatable bonds is 8. The fourth-order valence-corrected chi connectivity index (χ4v) is 5.57. The van der Waals surface area contributed by atoms with Crippen molar-refractivity contribution in [2.24, 2.45) is 5.92 Å². The molecule has 1 aliphatic rings. The van der Waals surface area contributed by atoms with Crippen LogP contribution in [-0.4, -0.2) is 44.9 Å². The molecule has 1 amide bonds. The van der Waals surface area contributed by atoms with Crippen LogP contribution < -0.4 is 10.1 Å². The maximum absolute atomic E-state index is 12.9. The van der Waals surface area contributed by atoms with Crippen LogP contribution in [0.15, 0.2) is 48.5 Å². The van der Waals surface area contributed by atoms with E-state index in [-0.39, 0.29) is 29.5 Å². The Bertz CT molecular complexity index is 1030. The highest BCUT2D eigenvalue weighted by Gasteiger charge is 2.32. The summed E-state index contributed by atoms with van der Waals surface area (Å²) in [7, 11) is -3.51. The Balaban J connectivity index is 1.45. The van der Waals surface area contributed by atoms with Crippen molar-refractivity contribution >= 4 is 27.5 Å². The van der Waals surface area contributed by atoms with E-state index in [2.05, 4.69) is 38.2 Å². The molecule has 2 aromatic rings. The van der Waals surface area contributed by atoms with Crippen molar-refractivity contribution in [3.05, 3.63) is 64.7 Å². The van der Waals surface area contributed by atoms with Gasteiger partial charge in [-0.2, -0.15) is 0 Å². The molecule has 0 bridgehead atoms. The van der Waals surface area contributed by atoms with Gasteiger partial charge in [0.25, 0.3) is 0 Å². The van der Waals surface area contributed by atoms with Gasteiger partial charge in [0.1, 0.15) is 12.4 Å². The number of benzene rings is 2. The zero-order chi connectivity index (χ0) is 24.1. The summed E-state index contributed by atoms with van der Waals surface area (Å²) in [6.45, 7) is 7.85. The van der Waals surface area contributed by atoms with Gasteiger partial charge in [-0.25, -0.2) is 12.7 Å². The number of carbonyl (C=O) groups is 1. The fourth-order valence-electron chi connectivity index (χ4n) is 3.83. The van der Waals surface area contributed by atoms with Gasteiger partial charge in [0, 0.05) is 18.1 Å². The monoisotopic (exact) mass is 492 g/mol. The van der Waals surface area contributed by atoms with Crippen LogP contribution in [-0.2, 0) is 26.0 Å². The number of hydrogen-bond donors (Lipinski definition) is 1. The summed E-state index contributed by atoms with van der Waals surface area (Å²) in [4.78, 5) is 12.6. The standard InChI is InChI=1S/C25H33ClN2O4S/c1-25(2,3)21-8-12-23(13-9-21)32-16-14-27-24(29)20-5-4-15-28(17-20)33(30,31)18-19-6-10-22(26)11-7-19/h6-13,20H,4-5,14-18H2,1-3H3,(H,27,29). The largest absolute Gasteiger partial charge is 0.492 e. The number of piperidine rings is 1. The molecule has 1 fully saturated rings. The number of hydrogen-bond acceptors (Lipinski definition) is 4. The highest BCUT2D eigenvalue weighted by atomic mass is 35.5. The number of carbonyl (C=O) groups excluding carboxylic acids is 1. The summed E-state index contributed by atoms with van der Waals surface area (Å²) in [6, 6.07) is 14.8. The Kier molecular flexibility index (Phi) is 8.43. The zero-order valence-corrected chi connectivity index (χ0v) is 21.1. The second-order valence-corrected chi connectivity index (χ2v) is 11.9. The minimum absolute atomic E-state index is 0.0860. The minimum Gasteiger partial charge on any atom is -0.492 e. The molecule has 0 aliphatic carbocycles. The predicted molar refractivity (Wildman–Crippen MR) is 132 cm³/mol. The molecule has 33 heavy (non-hydrogen) atoms. The van der Waals surface area contributed by atoms with Gasteiger partial charge >= 0.3 is 0 Å². The minimum atomic E-state index is -3.51. The van der Waals surface area contributed by atoms with Crippen molar-refractivity contribution in [2.45, 2.75) is 44.8 Å². The number of nitrogens with zero attached hydrogens (tertiary/aromatic N) is 1. The van der Waals surface area contributed by atoms with E-state index in [1.54, 1.807) is 24.3 Å². The first-order valence-corrected chi connectivity index (χ1v) is 13.3. The second kappa shape index (κ2) is 10.9. The first-order chi connectivity index (χ1) is 15.5. The average Bonchev–Trinajstić information content (AvgIpc) is 2.78. The van der Waals surface area contributed by atoms with Crippen LogP contribution in [0.3, 0.4) is 0 Å². The lowest BCUT2D eigenvalue weighted by Gasteiger charge is -2.31. The lowest BCUT2D eigenvalue weighted by atomic mass is 9.87. The lowest BCUT2D eigenvalue weighted by molar-refractivity contribution is -0.126. The van der Waals surface area contributed by atoms with Crippen molar-refractivity contribution in [3.8, 4) is 5.75 Å². The molecule has 2 aromatic carbocycles. The summed E-state index contributed by atoms with van der Waals surface area (Å²) in [6.07, 6.45) is 1.34. The smallest absolute Gasteiger partial charge is 0.224 e. The molecule has 6 nitrogen and oxygen atoms in total. The van der Waals surface area contributed by atoms with E-state index in [0.29, 0.717) is 43.1 Å². The van der Waals surface area contributed by atoms with E-state index < -0.39 is 10.0 Å². The molecule has 1 aliphatic heterocycles. The molecular weight excluding hydrogens is 460 g/mol. The Morgan fingerprint density at radius 3 is 2.42 bits per heavy atom. The summed E-state index contributed by atoms with van der Waals surface area (Å²) >= 11 is 5.88. The van der Waals surface area contributed by atoms with Crippen LogP contribution in [0.2, 0.25) is 5.02 Å². The van der Waals surface area contributed by atoms with Gasteiger partial charge in [0.2, 0.25) is 15.9 Å². The SMILES string of the molecule is CC(C)(C)c1ccc(OCCNC(=O)C2CCCN(S(=O)(=O)Cc3ccc(Cl)cc3)C2)cc1. The summed E-state index contributed by atoms with van der Waals surface area (Å²) in [5, 5.41) is 3.45. The quantitative estimate of drug-likeness (QED) is 0.555. The molecule has 180 valence electrons. The highest BCUT2D eigenvalue weighted by Crippen LogP contribution is 2.24. The molecule has 0 radical (unpaired) electrons. The van der Waals surface area contributed by atoms with Crippen LogP contribution in [0.4, 0.5) is 0 Å². The van der Waals surface area contributed by atoms with E-state index in [4.69, 9.17) is 16.3 Å². The molecule has 8 heteroatoms. The van der Waals surface area contributed by atoms with Crippen LogP contribution in [0, 0.1) is 5.92 Å². The molecule has 1 N–H and O–H groups in total. The fraction of sp³-hybridized carbons (Fsp3) is 0.480. The number of amides is 1. The van der Waals surface area contributed by atoms with Gasteiger partial charge in [-0.3, -0.25) is 4.79 Å². The maximum atomic E-state index is 12.9. The van der Waals surface area contributed by atoms with Crippen LogP contribution in [0.5, 0.6) is 5.75 Å². The molecule has 1 heterocycles. The summed E-state index contributed by atoms with van der Waals surface area (Å²) in [5.74, 6) is 0.174. The second-order valence-electron chi connectivity index (χ2n) is 9.49. The van der Waals surface area contributed by atoms with Gasteiger partial charge in [-0.05, 0) is 53.6 Å². The van der Waals surface area contributed by atoms with Gasteiger partial charge in [-0.1, -0.05) is 56.6 Å². The third kappa shape index (κ3) is 7.45. The van der Waals surface area contributed by atoms with Crippen molar-refractivity contribution in [1.82, 2.24) is 9.62 Å². The molecule has 1 atom stereocenters. The molecule has 0 saturated carbocycles. The molecule has 3 rings (SSSR count). The topological polar surface area (TPSA) is 75.7 Å². The van der Waals surface area contributed by atoms with Gasteiger partial charge < -0.3 is 10.1 Å². The van der Waals surface area contributed by atoms with Crippen molar-refractivity contribution in [1.29, 1.82) is 0 Å². The van der Waals surface area contributed by atoms with E-state index in [9.17, 15) is 13.2 Å². The Morgan fingerprint density at radius 1 is 1.12 bits per heavy atom. The van der Waals surface area contributed by atoms with Crippen molar-refractivity contribution < 1.29 is 17.9 Å². The first kappa shape index (κ1) is 25.5. The van der Waals surface area contributed by atoms with E-state index >= 15 is 0 Å². The Morgan fingerprint density at radius 2 is 1.79 bits per heavy atom. The molecule has 0 spiro atoms. The van der Waals surface area contributed by atoms with Crippen molar-refractivity contribution in [3.63, 3.8) is 0 Å². The van der Waals surface area contributed by atoms with E-state index in [1.165, 1.54) is 9.87 Å². The summed E-state index contributed by atoms with van der Waals surface area (Å²) in [5.41, 5.74) is 2.00. The van der Waals surface area contributed by atoms with Gasteiger partial charge in [0.05, 0.1) is 18.2 Å². The number of nitrogens with one attached hydrogen (secondary N) is 1. The number of sulfonamides is 1. The zero-order valence-electron chi connectivity index (χ0n) is 19.5. The normalized spacial score (nSPS) is 17.5. The number of halogens is 1. The molecule has 1 saturated heterocycles. The molecule has 1 unspecified atom stereocenters. The third-order valence-corrected chi connectivity index (χ3v) is 7.87. The predicted octanol–water partition coefficient (Wildman–Crippen LogP) is 4.37. The Labute approximate surface area is 202 Å². The highest BCUT2D eigenvalue weighted by molar-refractivity contribution is 7.88. The van der Waals surface area contributed by atoms with E-state index in [1.807, 2.05) is 12.1 Å². The van der Waals surface area contributed by atoms with Crippen LogP contribution >= 0.6 is 11.6 Å².